The molecule has 0 radical (unpaired) electrons. The first-order valence-corrected chi connectivity index (χ1v) is 7.76. The molecule has 1 saturated carbocycles. The van der Waals surface area contributed by atoms with E-state index in [0.29, 0.717) is 11.7 Å². The highest BCUT2D eigenvalue weighted by Crippen LogP contribution is 2.42. The van der Waals surface area contributed by atoms with Gasteiger partial charge in [0.05, 0.1) is 0 Å². The molecule has 1 nitrogen and oxygen atoms in total. The first-order chi connectivity index (χ1) is 8.25. The predicted octanol–water partition coefficient (Wildman–Crippen LogP) is 5.13. The Morgan fingerprint density at radius 2 is 1.47 bits per heavy atom. The van der Waals surface area contributed by atoms with E-state index in [2.05, 4.69) is 6.92 Å². The number of ketones is 1. The number of Topliss-reactive ketones (excluding diaryl/α,β-unsaturated/α-hetero) is 1. The number of hydrogen-bond acceptors (Lipinski definition) is 1. The number of rotatable bonds is 11. The molecule has 0 N–H and O–H groups in total. The maximum atomic E-state index is 11.1. The molecule has 1 fully saturated rings. The summed E-state index contributed by atoms with van der Waals surface area (Å²) in [7, 11) is 0. The second kappa shape index (κ2) is 8.72. The van der Waals surface area contributed by atoms with Gasteiger partial charge in [-0.25, -0.2) is 0 Å². The summed E-state index contributed by atoms with van der Waals surface area (Å²) >= 11 is 0. The van der Waals surface area contributed by atoms with Crippen molar-refractivity contribution in [3.63, 3.8) is 0 Å². The van der Waals surface area contributed by atoms with Crippen LogP contribution in [0.1, 0.15) is 84.5 Å². The van der Waals surface area contributed by atoms with Crippen molar-refractivity contribution in [2.75, 3.05) is 0 Å². The van der Waals surface area contributed by atoms with Crippen molar-refractivity contribution in [2.45, 2.75) is 84.5 Å². The van der Waals surface area contributed by atoms with E-state index in [1.807, 2.05) is 0 Å². The zero-order valence-corrected chi connectivity index (χ0v) is 11.8. The summed E-state index contributed by atoms with van der Waals surface area (Å²) in [6.45, 7) is 4.02. The Morgan fingerprint density at radius 1 is 0.941 bits per heavy atom. The average molecular weight is 238 g/mol. The fourth-order valence-corrected chi connectivity index (χ4v) is 2.78. The van der Waals surface area contributed by atoms with Gasteiger partial charge in [-0.05, 0) is 25.7 Å². The van der Waals surface area contributed by atoms with Crippen LogP contribution in [0, 0.1) is 11.8 Å². The van der Waals surface area contributed by atoms with Crippen molar-refractivity contribution >= 4 is 5.78 Å². The third kappa shape index (κ3) is 6.85. The quantitative estimate of drug-likeness (QED) is 0.456. The van der Waals surface area contributed by atoms with E-state index >= 15 is 0 Å². The average Bonchev–Trinajstić information content (AvgIpc) is 3.06. The second-order valence-corrected chi connectivity index (χ2v) is 5.83. The normalized spacial score (nSPS) is 22.7. The van der Waals surface area contributed by atoms with Crippen molar-refractivity contribution in [1.29, 1.82) is 0 Å². The minimum Gasteiger partial charge on any atom is -0.300 e. The minimum absolute atomic E-state index is 0.422. The SMILES string of the molecule is CCCCCCCCCCCC1CC1C(C)=O. The van der Waals surface area contributed by atoms with Crippen LogP contribution in [0.3, 0.4) is 0 Å². The van der Waals surface area contributed by atoms with Crippen molar-refractivity contribution in [1.82, 2.24) is 0 Å². The Morgan fingerprint density at radius 3 is 1.94 bits per heavy atom. The van der Waals surface area contributed by atoms with Gasteiger partial charge in [0.2, 0.25) is 0 Å². The van der Waals surface area contributed by atoms with Gasteiger partial charge < -0.3 is 0 Å². The van der Waals surface area contributed by atoms with E-state index in [0.717, 1.165) is 5.92 Å². The predicted molar refractivity (Wildman–Crippen MR) is 74.1 cm³/mol. The molecule has 0 bridgehead atoms. The van der Waals surface area contributed by atoms with Crippen LogP contribution in [0.15, 0.2) is 0 Å². The van der Waals surface area contributed by atoms with Gasteiger partial charge in [-0.15, -0.1) is 0 Å². The maximum Gasteiger partial charge on any atom is 0.133 e. The third-order valence-corrected chi connectivity index (χ3v) is 4.12. The molecule has 0 spiro atoms. The summed E-state index contributed by atoms with van der Waals surface area (Å²) in [4.78, 5) is 11.1. The smallest absolute Gasteiger partial charge is 0.133 e. The lowest BCUT2D eigenvalue weighted by Gasteiger charge is -2.01. The molecule has 1 heteroatoms. The third-order valence-electron chi connectivity index (χ3n) is 4.12. The Bertz CT molecular complexity index is 210. The lowest BCUT2D eigenvalue weighted by Crippen LogP contribution is -1.95. The Balaban J connectivity index is 1.75. The Labute approximate surface area is 107 Å². The monoisotopic (exact) mass is 238 g/mol. The summed E-state index contributed by atoms with van der Waals surface area (Å²) < 4.78 is 0. The van der Waals surface area contributed by atoms with E-state index in [-0.39, 0.29) is 0 Å². The highest BCUT2D eigenvalue weighted by atomic mass is 16.1. The molecule has 0 aliphatic heterocycles. The van der Waals surface area contributed by atoms with E-state index in [1.54, 1.807) is 6.92 Å². The maximum absolute atomic E-state index is 11.1. The zero-order chi connectivity index (χ0) is 12.5. The van der Waals surface area contributed by atoms with E-state index in [4.69, 9.17) is 0 Å². The molecule has 1 rings (SSSR count). The molecule has 1 aliphatic rings. The van der Waals surface area contributed by atoms with Crippen LogP contribution in [0.5, 0.6) is 0 Å². The van der Waals surface area contributed by atoms with Crippen LogP contribution in [0.2, 0.25) is 0 Å². The van der Waals surface area contributed by atoms with Crippen LogP contribution in [-0.4, -0.2) is 5.78 Å². The summed E-state index contributed by atoms with van der Waals surface area (Å²) in [6, 6.07) is 0. The Kier molecular flexibility index (Phi) is 7.55. The molecule has 0 saturated heterocycles. The standard InChI is InChI=1S/C16H30O/c1-3-4-5-6-7-8-9-10-11-12-15-13-16(15)14(2)17/h15-16H,3-13H2,1-2H3. The number of unbranched alkanes of at least 4 members (excludes halogenated alkanes) is 8. The van der Waals surface area contributed by atoms with Crippen molar-refractivity contribution in [3.05, 3.63) is 0 Å². The minimum atomic E-state index is 0.422. The highest BCUT2D eigenvalue weighted by Gasteiger charge is 2.39. The molecular weight excluding hydrogens is 208 g/mol. The van der Waals surface area contributed by atoms with Crippen LogP contribution >= 0.6 is 0 Å². The van der Waals surface area contributed by atoms with Gasteiger partial charge in [0.25, 0.3) is 0 Å². The number of hydrogen-bond donors (Lipinski definition) is 0. The largest absolute Gasteiger partial charge is 0.300 e. The second-order valence-electron chi connectivity index (χ2n) is 5.83. The van der Waals surface area contributed by atoms with Gasteiger partial charge in [-0.2, -0.15) is 0 Å². The molecule has 0 aromatic rings. The fourth-order valence-electron chi connectivity index (χ4n) is 2.78. The summed E-state index contributed by atoms with van der Waals surface area (Å²) in [5.74, 6) is 1.63. The van der Waals surface area contributed by atoms with Gasteiger partial charge in [-0.3, -0.25) is 4.79 Å². The zero-order valence-electron chi connectivity index (χ0n) is 11.8. The molecule has 1 aliphatic carbocycles. The summed E-state index contributed by atoms with van der Waals surface area (Å²) in [5, 5.41) is 0. The molecule has 0 aromatic heterocycles. The van der Waals surface area contributed by atoms with E-state index in [9.17, 15) is 4.79 Å². The van der Waals surface area contributed by atoms with E-state index < -0.39 is 0 Å². The number of carbonyl (C=O) groups is 1. The van der Waals surface area contributed by atoms with Gasteiger partial charge >= 0.3 is 0 Å². The highest BCUT2D eigenvalue weighted by molar-refractivity contribution is 5.81. The molecule has 0 amide bonds. The van der Waals surface area contributed by atoms with Crippen LogP contribution in [-0.2, 0) is 4.79 Å². The first-order valence-electron chi connectivity index (χ1n) is 7.76. The summed E-state index contributed by atoms with van der Waals surface area (Å²) in [5.41, 5.74) is 0. The topological polar surface area (TPSA) is 17.1 Å². The molecule has 100 valence electrons. The Hall–Kier alpha value is -0.330. The van der Waals surface area contributed by atoms with Crippen molar-refractivity contribution in [3.8, 4) is 0 Å². The van der Waals surface area contributed by atoms with Crippen LogP contribution < -0.4 is 0 Å². The number of carbonyl (C=O) groups excluding carboxylic acids is 1. The van der Waals surface area contributed by atoms with Gasteiger partial charge in [0, 0.05) is 5.92 Å². The van der Waals surface area contributed by atoms with Gasteiger partial charge in [0.1, 0.15) is 5.78 Å². The molecule has 17 heavy (non-hydrogen) atoms. The molecule has 0 heterocycles. The first kappa shape index (κ1) is 14.7. The van der Waals surface area contributed by atoms with E-state index in [1.165, 1.54) is 70.6 Å². The van der Waals surface area contributed by atoms with Crippen LogP contribution in [0.4, 0.5) is 0 Å². The molecule has 2 atom stereocenters. The summed E-state index contributed by atoms with van der Waals surface area (Å²) in [6.07, 6.45) is 15.1. The van der Waals surface area contributed by atoms with Crippen molar-refractivity contribution in [2.24, 2.45) is 11.8 Å². The molecular formula is C16H30O. The van der Waals surface area contributed by atoms with Crippen LogP contribution in [0.25, 0.3) is 0 Å². The fraction of sp³-hybridized carbons (Fsp3) is 0.938. The lowest BCUT2D eigenvalue weighted by molar-refractivity contribution is -0.118. The lowest BCUT2D eigenvalue weighted by atomic mass is 10.0. The van der Waals surface area contributed by atoms with Crippen molar-refractivity contribution < 1.29 is 4.79 Å². The molecule has 2 unspecified atom stereocenters. The van der Waals surface area contributed by atoms with Gasteiger partial charge in [0.15, 0.2) is 0 Å². The molecule has 0 aromatic carbocycles. The van der Waals surface area contributed by atoms with Gasteiger partial charge in [-0.1, -0.05) is 64.7 Å².